The summed E-state index contributed by atoms with van der Waals surface area (Å²) in [5.41, 5.74) is -1.23. The Morgan fingerprint density at radius 1 is 1.03 bits per heavy atom. The molecule has 0 saturated heterocycles. The third-order valence-corrected chi connectivity index (χ3v) is 5.42. The second kappa shape index (κ2) is 7.44. The van der Waals surface area contributed by atoms with E-state index in [-0.39, 0.29) is 23.1 Å². The fourth-order valence-electron chi connectivity index (χ4n) is 3.12. The van der Waals surface area contributed by atoms with E-state index in [1.54, 1.807) is 36.4 Å². The molecule has 3 aromatic heterocycles. The minimum absolute atomic E-state index is 0.150. The zero-order valence-electron chi connectivity index (χ0n) is 15.3. The van der Waals surface area contributed by atoms with E-state index in [2.05, 4.69) is 4.98 Å². The molecule has 1 atom stereocenters. The third-order valence-electron chi connectivity index (χ3n) is 4.45. The predicted molar refractivity (Wildman–Crippen MR) is 108 cm³/mol. The number of fused-ring (bicyclic) bond motifs is 1. The number of para-hydroxylation sites is 1. The summed E-state index contributed by atoms with van der Waals surface area (Å²) in [6, 6.07) is 12.8. The molecule has 0 aliphatic rings. The summed E-state index contributed by atoms with van der Waals surface area (Å²) in [7, 11) is -1.39. The Morgan fingerprint density at radius 2 is 1.83 bits per heavy atom. The second-order valence-corrected chi connectivity index (χ2v) is 7.58. The molecule has 1 unspecified atom stereocenters. The second-order valence-electron chi connectivity index (χ2n) is 6.23. The Labute approximate surface area is 166 Å². The van der Waals surface area contributed by atoms with Gasteiger partial charge in [-0.2, -0.15) is 0 Å². The number of benzene rings is 1. The van der Waals surface area contributed by atoms with Crippen LogP contribution in [0.2, 0.25) is 0 Å². The van der Waals surface area contributed by atoms with Crippen LogP contribution >= 0.6 is 0 Å². The smallest absolute Gasteiger partial charge is 0.340 e. The van der Waals surface area contributed by atoms with E-state index >= 15 is 0 Å². The van der Waals surface area contributed by atoms with Crippen LogP contribution in [0.5, 0.6) is 0 Å². The summed E-state index contributed by atoms with van der Waals surface area (Å²) in [5, 5.41) is 0.198. The number of nitrogens with zero attached hydrogens (tertiary/aromatic N) is 3. The molecule has 0 aliphatic heterocycles. The highest BCUT2D eigenvalue weighted by molar-refractivity contribution is 7.84. The van der Waals surface area contributed by atoms with E-state index in [0.29, 0.717) is 10.6 Å². The maximum absolute atomic E-state index is 13.3. The summed E-state index contributed by atoms with van der Waals surface area (Å²) >= 11 is 0. The lowest BCUT2D eigenvalue weighted by Gasteiger charge is -2.15. The summed E-state index contributed by atoms with van der Waals surface area (Å²) in [5.74, 6) is 0. The zero-order valence-corrected chi connectivity index (χ0v) is 16.1. The van der Waals surface area contributed by atoms with Crippen molar-refractivity contribution < 1.29 is 8.63 Å². The Morgan fingerprint density at radius 3 is 2.59 bits per heavy atom. The minimum Gasteiger partial charge on any atom is -0.431 e. The van der Waals surface area contributed by atoms with E-state index in [9.17, 15) is 18.6 Å². The van der Waals surface area contributed by atoms with Gasteiger partial charge in [0.2, 0.25) is 0 Å². The van der Waals surface area contributed by atoms with Crippen LogP contribution in [0.4, 0.5) is 0 Å². The van der Waals surface area contributed by atoms with Crippen LogP contribution in [-0.4, -0.2) is 24.6 Å². The molecule has 0 saturated carbocycles. The SMILES string of the molecule is CS(=O)c1ccccc1-n1c(=O)n(Cc2cccoc2=O)c(=O)c2cccnc21. The molecule has 4 rings (SSSR count). The first-order valence-corrected chi connectivity index (χ1v) is 10.1. The highest BCUT2D eigenvalue weighted by Gasteiger charge is 2.19. The van der Waals surface area contributed by atoms with Crippen LogP contribution in [0.3, 0.4) is 0 Å². The minimum atomic E-state index is -1.39. The average molecular weight is 409 g/mol. The fraction of sp³-hybridized carbons (Fsp3) is 0.100. The van der Waals surface area contributed by atoms with E-state index in [0.717, 1.165) is 4.57 Å². The topological polar surface area (TPSA) is 104 Å². The summed E-state index contributed by atoms with van der Waals surface area (Å²) in [4.78, 5) is 42.9. The molecule has 0 radical (unpaired) electrons. The monoisotopic (exact) mass is 409 g/mol. The lowest BCUT2D eigenvalue weighted by molar-refractivity contribution is 0.495. The van der Waals surface area contributed by atoms with Crippen LogP contribution in [-0.2, 0) is 17.3 Å². The van der Waals surface area contributed by atoms with Crippen LogP contribution in [0.15, 0.2) is 84.7 Å². The molecule has 0 fully saturated rings. The summed E-state index contributed by atoms with van der Waals surface area (Å²) in [6.45, 7) is -0.261. The highest BCUT2D eigenvalue weighted by atomic mass is 32.2. The van der Waals surface area contributed by atoms with Gasteiger partial charge in [-0.25, -0.2) is 19.1 Å². The van der Waals surface area contributed by atoms with Crippen molar-refractivity contribution in [3.63, 3.8) is 0 Å². The lowest BCUT2D eigenvalue weighted by Crippen LogP contribution is -2.41. The van der Waals surface area contributed by atoms with Gasteiger partial charge in [0, 0.05) is 12.5 Å². The molecule has 0 aliphatic carbocycles. The number of rotatable bonds is 4. The van der Waals surface area contributed by atoms with Gasteiger partial charge in [-0.05, 0) is 36.4 Å². The van der Waals surface area contributed by atoms with Gasteiger partial charge < -0.3 is 4.42 Å². The number of pyridine rings is 1. The predicted octanol–water partition coefficient (Wildman–Crippen LogP) is 1.29. The Balaban J connectivity index is 2.10. The van der Waals surface area contributed by atoms with Crippen molar-refractivity contribution in [2.45, 2.75) is 11.4 Å². The summed E-state index contributed by atoms with van der Waals surface area (Å²) < 4.78 is 19.3. The van der Waals surface area contributed by atoms with Gasteiger partial charge in [-0.15, -0.1) is 0 Å². The number of hydrogen-bond donors (Lipinski definition) is 0. The Kier molecular flexibility index (Phi) is 4.81. The third kappa shape index (κ3) is 3.25. The van der Waals surface area contributed by atoms with Crippen molar-refractivity contribution in [2.75, 3.05) is 6.26 Å². The normalized spacial score (nSPS) is 12.2. The molecule has 1 aromatic carbocycles. The van der Waals surface area contributed by atoms with E-state index in [1.165, 1.54) is 35.4 Å². The van der Waals surface area contributed by atoms with Crippen molar-refractivity contribution in [3.8, 4) is 5.69 Å². The van der Waals surface area contributed by atoms with Crippen molar-refractivity contribution >= 4 is 21.8 Å². The first-order valence-electron chi connectivity index (χ1n) is 8.59. The molecule has 29 heavy (non-hydrogen) atoms. The van der Waals surface area contributed by atoms with Gasteiger partial charge in [0.05, 0.1) is 45.1 Å². The van der Waals surface area contributed by atoms with Gasteiger partial charge in [0.15, 0.2) is 5.65 Å². The van der Waals surface area contributed by atoms with Gasteiger partial charge in [-0.3, -0.25) is 13.6 Å². The highest BCUT2D eigenvalue weighted by Crippen LogP contribution is 2.19. The van der Waals surface area contributed by atoms with Crippen molar-refractivity contribution in [3.05, 3.63) is 97.8 Å². The van der Waals surface area contributed by atoms with Crippen LogP contribution < -0.4 is 16.9 Å². The van der Waals surface area contributed by atoms with E-state index in [1.807, 2.05) is 0 Å². The molecule has 0 amide bonds. The van der Waals surface area contributed by atoms with Crippen molar-refractivity contribution in [1.82, 2.24) is 14.1 Å². The standard InChI is InChI=1S/C20H15N3O5S/c1-29(27)16-9-3-2-8-15(16)23-17-14(7-4-10-21-17)18(24)22(20(23)26)12-13-6-5-11-28-19(13)25/h2-11H,12H2,1H3. The quantitative estimate of drug-likeness (QED) is 0.503. The van der Waals surface area contributed by atoms with Crippen molar-refractivity contribution in [2.24, 2.45) is 0 Å². The van der Waals surface area contributed by atoms with Gasteiger partial charge in [-0.1, -0.05) is 12.1 Å². The Bertz CT molecular complexity index is 1430. The maximum Gasteiger partial charge on any atom is 0.340 e. The van der Waals surface area contributed by atoms with Crippen LogP contribution in [0.1, 0.15) is 5.56 Å². The Hall–Kier alpha value is -3.59. The maximum atomic E-state index is 13.3. The number of hydrogen-bond acceptors (Lipinski definition) is 6. The first-order chi connectivity index (χ1) is 14.0. The molecule has 146 valence electrons. The number of aromatic nitrogens is 3. The fourth-order valence-corrected chi connectivity index (χ4v) is 3.84. The van der Waals surface area contributed by atoms with Crippen molar-refractivity contribution in [1.29, 1.82) is 0 Å². The first kappa shape index (κ1) is 18.8. The van der Waals surface area contributed by atoms with Gasteiger partial charge in [0.1, 0.15) is 0 Å². The lowest BCUT2D eigenvalue weighted by atomic mass is 10.2. The molecule has 8 nitrogen and oxygen atoms in total. The largest absolute Gasteiger partial charge is 0.431 e. The molecule has 0 N–H and O–H groups in total. The molecule has 9 heteroatoms. The molecule has 0 bridgehead atoms. The zero-order chi connectivity index (χ0) is 20.5. The van der Waals surface area contributed by atoms with E-state index < -0.39 is 27.7 Å². The molecular formula is C20H15N3O5S. The molecule has 4 aromatic rings. The molecule has 0 spiro atoms. The molecular weight excluding hydrogens is 394 g/mol. The average Bonchev–Trinajstić information content (AvgIpc) is 2.73. The van der Waals surface area contributed by atoms with Crippen LogP contribution in [0.25, 0.3) is 16.7 Å². The van der Waals surface area contributed by atoms with Gasteiger partial charge >= 0.3 is 11.3 Å². The summed E-state index contributed by atoms with van der Waals surface area (Å²) in [6.07, 6.45) is 4.20. The van der Waals surface area contributed by atoms with E-state index in [4.69, 9.17) is 4.42 Å². The van der Waals surface area contributed by atoms with Gasteiger partial charge in [0.25, 0.3) is 5.56 Å². The van der Waals surface area contributed by atoms with Crippen LogP contribution in [0, 0.1) is 0 Å². The molecule has 3 heterocycles.